The molecule has 7 heteroatoms. The monoisotopic (exact) mass is 301 g/mol. The van der Waals surface area contributed by atoms with Crippen LogP contribution in [0.4, 0.5) is 0 Å². The summed E-state index contributed by atoms with van der Waals surface area (Å²) in [5.74, 6) is 0.520. The summed E-state index contributed by atoms with van der Waals surface area (Å²) in [5.41, 5.74) is 6.25. The number of aromatic nitrogens is 1. The second-order valence-electron chi connectivity index (χ2n) is 3.98. The van der Waals surface area contributed by atoms with Gasteiger partial charge in [0.05, 0.1) is 18.5 Å². The maximum Gasteiger partial charge on any atom is 0.224 e. The van der Waals surface area contributed by atoms with Crippen molar-refractivity contribution >= 4 is 29.7 Å². The van der Waals surface area contributed by atoms with Gasteiger partial charge in [-0.25, -0.2) is 4.98 Å². The first-order valence-corrected chi connectivity index (χ1v) is 6.54. The van der Waals surface area contributed by atoms with Gasteiger partial charge in [-0.1, -0.05) is 6.92 Å². The number of halogens is 1. The Bertz CT molecular complexity index is 513. The van der Waals surface area contributed by atoms with Gasteiger partial charge in [-0.2, -0.15) is 0 Å². The van der Waals surface area contributed by atoms with Crippen molar-refractivity contribution in [2.24, 2.45) is 11.7 Å². The number of hydrogen-bond acceptors (Lipinski definition) is 5. The van der Waals surface area contributed by atoms with E-state index in [4.69, 9.17) is 10.2 Å². The molecule has 0 saturated carbocycles. The Balaban J connectivity index is 0.00000180. The number of carbonyl (C=O) groups excluding carboxylic acids is 1. The minimum absolute atomic E-state index is 0. The lowest BCUT2D eigenvalue weighted by Crippen LogP contribution is -2.32. The standard InChI is InChI=1S/C12H15N3O2S.ClH/c1-8(5-13)11(16)14-6-9-7-18-12(15-9)10-3-2-4-17-10;/h2-4,7-8H,5-6,13H2,1H3,(H,14,16);1H. The molecule has 0 aliphatic rings. The summed E-state index contributed by atoms with van der Waals surface area (Å²) >= 11 is 1.49. The summed E-state index contributed by atoms with van der Waals surface area (Å²) in [6, 6.07) is 3.68. The summed E-state index contributed by atoms with van der Waals surface area (Å²) in [4.78, 5) is 15.9. The number of hydrogen-bond donors (Lipinski definition) is 2. The van der Waals surface area contributed by atoms with Gasteiger partial charge >= 0.3 is 0 Å². The van der Waals surface area contributed by atoms with Gasteiger partial charge in [-0.3, -0.25) is 4.79 Å². The fraction of sp³-hybridized carbons (Fsp3) is 0.333. The molecule has 0 saturated heterocycles. The van der Waals surface area contributed by atoms with Crippen molar-refractivity contribution < 1.29 is 9.21 Å². The molecule has 1 atom stereocenters. The minimum Gasteiger partial charge on any atom is -0.462 e. The fourth-order valence-corrected chi connectivity index (χ4v) is 2.15. The lowest BCUT2D eigenvalue weighted by atomic mass is 10.2. The summed E-state index contributed by atoms with van der Waals surface area (Å²) < 4.78 is 5.26. The second-order valence-corrected chi connectivity index (χ2v) is 4.83. The lowest BCUT2D eigenvalue weighted by molar-refractivity contribution is -0.124. The Hall–Kier alpha value is -1.37. The first-order valence-electron chi connectivity index (χ1n) is 5.66. The molecule has 5 nitrogen and oxygen atoms in total. The number of nitrogens with zero attached hydrogens (tertiary/aromatic N) is 1. The van der Waals surface area contributed by atoms with Crippen LogP contribution in [0.1, 0.15) is 12.6 Å². The van der Waals surface area contributed by atoms with Gasteiger partial charge in [0.1, 0.15) is 0 Å². The molecule has 0 aromatic carbocycles. The van der Waals surface area contributed by atoms with E-state index in [0.717, 1.165) is 16.5 Å². The molecule has 2 aromatic rings. The third kappa shape index (κ3) is 4.05. The Labute approximate surface area is 121 Å². The zero-order chi connectivity index (χ0) is 13.0. The number of rotatable bonds is 5. The maximum atomic E-state index is 11.5. The number of nitrogens with one attached hydrogen (secondary N) is 1. The van der Waals surface area contributed by atoms with Crippen LogP contribution in [-0.2, 0) is 11.3 Å². The van der Waals surface area contributed by atoms with Gasteiger partial charge in [0.2, 0.25) is 5.91 Å². The van der Waals surface area contributed by atoms with Crippen LogP contribution in [0, 0.1) is 5.92 Å². The summed E-state index contributed by atoms with van der Waals surface area (Å²) in [5, 5.41) is 5.53. The molecule has 0 radical (unpaired) electrons. The van der Waals surface area contributed by atoms with Crippen LogP contribution in [0.3, 0.4) is 0 Å². The molecule has 1 unspecified atom stereocenters. The number of nitrogens with two attached hydrogens (primary N) is 1. The molecule has 0 fully saturated rings. The molecule has 3 N–H and O–H groups in total. The fourth-order valence-electron chi connectivity index (χ4n) is 1.36. The molecule has 0 bridgehead atoms. The molecule has 104 valence electrons. The van der Waals surface area contributed by atoms with E-state index < -0.39 is 0 Å². The molecule has 1 amide bonds. The number of furan rings is 1. The summed E-state index contributed by atoms with van der Waals surface area (Å²) in [7, 11) is 0. The highest BCUT2D eigenvalue weighted by Crippen LogP contribution is 2.23. The highest BCUT2D eigenvalue weighted by atomic mass is 35.5. The van der Waals surface area contributed by atoms with Crippen molar-refractivity contribution in [3.05, 3.63) is 29.5 Å². The Morgan fingerprint density at radius 2 is 2.42 bits per heavy atom. The highest BCUT2D eigenvalue weighted by molar-refractivity contribution is 7.13. The Morgan fingerprint density at radius 1 is 1.63 bits per heavy atom. The van der Waals surface area contributed by atoms with Crippen LogP contribution < -0.4 is 11.1 Å². The Kier molecular flexibility index (Phi) is 6.01. The van der Waals surface area contributed by atoms with Crippen LogP contribution in [-0.4, -0.2) is 17.4 Å². The molecule has 0 aliphatic carbocycles. The normalized spacial score (nSPS) is 11.7. The summed E-state index contributed by atoms with van der Waals surface area (Å²) in [6.45, 7) is 2.56. The highest BCUT2D eigenvalue weighted by Gasteiger charge is 2.11. The smallest absolute Gasteiger partial charge is 0.224 e. The van der Waals surface area contributed by atoms with Crippen LogP contribution >= 0.6 is 23.7 Å². The van der Waals surface area contributed by atoms with Crippen molar-refractivity contribution in [2.45, 2.75) is 13.5 Å². The first-order chi connectivity index (χ1) is 8.70. The maximum absolute atomic E-state index is 11.5. The van der Waals surface area contributed by atoms with E-state index in [1.807, 2.05) is 17.5 Å². The minimum atomic E-state index is -0.173. The lowest BCUT2D eigenvalue weighted by Gasteiger charge is -2.08. The predicted octanol–water partition coefficient (Wildman–Crippen LogP) is 2.04. The third-order valence-electron chi connectivity index (χ3n) is 2.53. The molecule has 2 heterocycles. The van der Waals surface area contributed by atoms with Crippen LogP contribution in [0.2, 0.25) is 0 Å². The van der Waals surface area contributed by atoms with Crippen LogP contribution in [0.25, 0.3) is 10.8 Å². The van der Waals surface area contributed by atoms with Crippen molar-refractivity contribution in [3.8, 4) is 10.8 Å². The molecular weight excluding hydrogens is 286 g/mol. The zero-order valence-corrected chi connectivity index (χ0v) is 12.1. The summed E-state index contributed by atoms with van der Waals surface area (Å²) in [6.07, 6.45) is 1.61. The van der Waals surface area contributed by atoms with E-state index in [1.54, 1.807) is 13.2 Å². The average Bonchev–Trinajstić information content (AvgIpc) is 3.04. The van der Waals surface area contributed by atoms with Crippen molar-refractivity contribution in [1.82, 2.24) is 10.3 Å². The molecule has 2 aromatic heterocycles. The Morgan fingerprint density at radius 3 is 3.05 bits per heavy atom. The van der Waals surface area contributed by atoms with Crippen molar-refractivity contribution in [2.75, 3.05) is 6.54 Å². The van der Waals surface area contributed by atoms with Gasteiger partial charge in [0, 0.05) is 17.8 Å². The van der Waals surface area contributed by atoms with Crippen LogP contribution in [0.15, 0.2) is 28.2 Å². The van der Waals surface area contributed by atoms with E-state index in [1.165, 1.54) is 11.3 Å². The van der Waals surface area contributed by atoms with Crippen molar-refractivity contribution in [1.29, 1.82) is 0 Å². The number of thiazole rings is 1. The van der Waals surface area contributed by atoms with Gasteiger partial charge < -0.3 is 15.5 Å². The van der Waals surface area contributed by atoms with E-state index in [-0.39, 0.29) is 24.2 Å². The number of amides is 1. The molecular formula is C12H16ClN3O2S. The van der Waals surface area contributed by atoms with Gasteiger partial charge in [0.25, 0.3) is 0 Å². The molecule has 2 rings (SSSR count). The quantitative estimate of drug-likeness (QED) is 0.885. The third-order valence-corrected chi connectivity index (χ3v) is 3.43. The first kappa shape index (κ1) is 15.7. The van der Waals surface area contributed by atoms with Gasteiger partial charge in [-0.05, 0) is 12.1 Å². The second kappa shape index (κ2) is 7.28. The van der Waals surface area contributed by atoms with E-state index in [9.17, 15) is 4.79 Å². The predicted molar refractivity (Wildman–Crippen MR) is 77.1 cm³/mol. The van der Waals surface area contributed by atoms with E-state index in [2.05, 4.69) is 10.3 Å². The largest absolute Gasteiger partial charge is 0.462 e. The van der Waals surface area contributed by atoms with Crippen LogP contribution in [0.5, 0.6) is 0 Å². The number of carbonyl (C=O) groups is 1. The van der Waals surface area contributed by atoms with E-state index in [0.29, 0.717) is 13.1 Å². The molecule has 19 heavy (non-hydrogen) atoms. The zero-order valence-electron chi connectivity index (χ0n) is 10.5. The molecule has 0 aliphatic heterocycles. The average molecular weight is 302 g/mol. The van der Waals surface area contributed by atoms with Gasteiger partial charge in [-0.15, -0.1) is 23.7 Å². The van der Waals surface area contributed by atoms with Gasteiger partial charge in [0.15, 0.2) is 10.8 Å². The SMILES string of the molecule is CC(CN)C(=O)NCc1csc(-c2ccco2)n1.Cl. The van der Waals surface area contributed by atoms with E-state index >= 15 is 0 Å². The topological polar surface area (TPSA) is 81.2 Å². The molecule has 0 spiro atoms. The van der Waals surface area contributed by atoms with Crippen molar-refractivity contribution in [3.63, 3.8) is 0 Å².